The summed E-state index contributed by atoms with van der Waals surface area (Å²) in [4.78, 5) is 0.238. The van der Waals surface area contributed by atoms with Crippen LogP contribution in [-0.2, 0) is 14.8 Å². The fraction of sp³-hybridized carbons (Fsp3) is 0.462. The van der Waals surface area contributed by atoms with Crippen molar-refractivity contribution in [3.8, 4) is 0 Å². The van der Waals surface area contributed by atoms with Crippen molar-refractivity contribution in [3.63, 3.8) is 0 Å². The maximum Gasteiger partial charge on any atom is 0.243 e. The lowest BCUT2D eigenvalue weighted by Crippen LogP contribution is -2.50. The van der Waals surface area contributed by atoms with Crippen LogP contribution < -0.4 is 5.73 Å². The molecular formula is C13H18N2O3S2. The van der Waals surface area contributed by atoms with Gasteiger partial charge in [-0.3, -0.25) is 0 Å². The van der Waals surface area contributed by atoms with E-state index in [1.54, 1.807) is 18.2 Å². The van der Waals surface area contributed by atoms with E-state index in [9.17, 15) is 8.42 Å². The highest BCUT2D eigenvalue weighted by atomic mass is 32.2. The van der Waals surface area contributed by atoms with Crippen molar-refractivity contribution < 1.29 is 13.2 Å². The molecule has 1 saturated heterocycles. The Morgan fingerprint density at radius 3 is 2.65 bits per heavy atom. The van der Waals surface area contributed by atoms with Crippen LogP contribution in [0.1, 0.15) is 19.4 Å². The third-order valence-corrected chi connectivity index (χ3v) is 5.28. The summed E-state index contributed by atoms with van der Waals surface area (Å²) < 4.78 is 32.5. The fourth-order valence-electron chi connectivity index (χ4n) is 2.21. The molecule has 0 spiro atoms. The van der Waals surface area contributed by atoms with Crippen molar-refractivity contribution in [2.24, 2.45) is 5.73 Å². The average Bonchev–Trinajstić information content (AvgIpc) is 2.37. The highest BCUT2D eigenvalue weighted by Gasteiger charge is 2.35. The van der Waals surface area contributed by atoms with Crippen LogP contribution in [0.3, 0.4) is 0 Å². The summed E-state index contributed by atoms with van der Waals surface area (Å²) >= 11 is 4.94. The minimum Gasteiger partial charge on any atom is -0.389 e. The maximum atomic E-state index is 12.8. The largest absolute Gasteiger partial charge is 0.389 e. The highest BCUT2D eigenvalue weighted by molar-refractivity contribution is 7.89. The zero-order valence-electron chi connectivity index (χ0n) is 11.5. The lowest BCUT2D eigenvalue weighted by Gasteiger charge is -2.37. The SMILES string of the molecule is CC1(C)CN(S(=O)(=O)c2ccccc2C(N)=S)CCO1. The molecule has 0 unspecified atom stereocenters. The van der Waals surface area contributed by atoms with Gasteiger partial charge in [0.1, 0.15) is 4.99 Å². The van der Waals surface area contributed by atoms with Crippen LogP contribution in [-0.4, -0.2) is 43.0 Å². The number of thiocarbonyl (C=S) groups is 1. The zero-order valence-corrected chi connectivity index (χ0v) is 13.1. The van der Waals surface area contributed by atoms with Gasteiger partial charge in [-0.15, -0.1) is 0 Å². The van der Waals surface area contributed by atoms with E-state index in [4.69, 9.17) is 22.7 Å². The Morgan fingerprint density at radius 1 is 1.40 bits per heavy atom. The molecule has 20 heavy (non-hydrogen) atoms. The predicted octanol–water partition coefficient (Wildman–Crippen LogP) is 1.12. The third-order valence-electron chi connectivity index (χ3n) is 3.16. The number of nitrogens with two attached hydrogens (primary N) is 1. The molecule has 1 fully saturated rings. The summed E-state index contributed by atoms with van der Waals surface area (Å²) in [6.07, 6.45) is 0. The first-order chi connectivity index (χ1) is 9.24. The van der Waals surface area contributed by atoms with Gasteiger partial charge in [-0.25, -0.2) is 8.42 Å². The van der Waals surface area contributed by atoms with E-state index in [0.717, 1.165) is 0 Å². The first-order valence-electron chi connectivity index (χ1n) is 6.27. The van der Waals surface area contributed by atoms with Crippen molar-refractivity contribution in [2.45, 2.75) is 24.3 Å². The minimum atomic E-state index is -3.62. The number of hydrogen-bond acceptors (Lipinski definition) is 4. The van der Waals surface area contributed by atoms with Gasteiger partial charge in [0.05, 0.1) is 17.1 Å². The van der Waals surface area contributed by atoms with E-state index in [0.29, 0.717) is 25.3 Å². The molecule has 1 aliphatic heterocycles. The second-order valence-electron chi connectivity index (χ2n) is 5.31. The minimum absolute atomic E-state index is 0.0803. The summed E-state index contributed by atoms with van der Waals surface area (Å²) in [7, 11) is -3.62. The Balaban J connectivity index is 2.43. The standard InChI is InChI=1S/C13H18N2O3S2/c1-13(2)9-15(7-8-18-13)20(16,17)11-6-4-3-5-10(11)12(14)19/h3-6H,7-9H2,1-2H3,(H2,14,19). The van der Waals surface area contributed by atoms with Gasteiger partial charge in [-0.05, 0) is 19.9 Å². The molecule has 110 valence electrons. The second kappa shape index (κ2) is 5.40. The smallest absolute Gasteiger partial charge is 0.243 e. The van der Waals surface area contributed by atoms with Crippen molar-refractivity contribution in [1.82, 2.24) is 4.31 Å². The van der Waals surface area contributed by atoms with Crippen LogP contribution in [0.4, 0.5) is 0 Å². The first kappa shape index (κ1) is 15.4. The van der Waals surface area contributed by atoms with Crippen molar-refractivity contribution in [3.05, 3.63) is 29.8 Å². The van der Waals surface area contributed by atoms with Crippen molar-refractivity contribution in [2.75, 3.05) is 19.7 Å². The summed E-state index contributed by atoms with van der Waals surface area (Å²) in [5.41, 5.74) is 5.50. The number of nitrogens with zero attached hydrogens (tertiary/aromatic N) is 1. The topological polar surface area (TPSA) is 72.6 Å². The van der Waals surface area contributed by atoms with Crippen LogP contribution in [0.2, 0.25) is 0 Å². The Bertz CT molecular complexity index is 626. The van der Waals surface area contributed by atoms with Gasteiger partial charge in [-0.2, -0.15) is 4.31 Å². The molecule has 2 rings (SSSR count). The van der Waals surface area contributed by atoms with Crippen LogP contribution in [0.15, 0.2) is 29.2 Å². The molecule has 5 nitrogen and oxygen atoms in total. The second-order valence-corrected chi connectivity index (χ2v) is 7.65. The van der Waals surface area contributed by atoms with Gasteiger partial charge in [0, 0.05) is 18.7 Å². The molecular weight excluding hydrogens is 296 g/mol. The van der Waals surface area contributed by atoms with Gasteiger partial charge >= 0.3 is 0 Å². The number of ether oxygens (including phenoxy) is 1. The molecule has 0 amide bonds. The van der Waals surface area contributed by atoms with E-state index < -0.39 is 15.6 Å². The quantitative estimate of drug-likeness (QED) is 0.847. The molecule has 1 aromatic carbocycles. The molecule has 0 radical (unpaired) electrons. The van der Waals surface area contributed by atoms with E-state index in [1.165, 1.54) is 10.4 Å². The molecule has 1 heterocycles. The lowest BCUT2D eigenvalue weighted by molar-refractivity contribution is -0.0640. The van der Waals surface area contributed by atoms with Crippen molar-refractivity contribution in [1.29, 1.82) is 0 Å². The number of sulfonamides is 1. The van der Waals surface area contributed by atoms with Gasteiger partial charge in [0.15, 0.2) is 0 Å². The summed E-state index contributed by atoms with van der Waals surface area (Å²) in [6.45, 7) is 4.75. The summed E-state index contributed by atoms with van der Waals surface area (Å²) in [5.74, 6) is 0. The third kappa shape index (κ3) is 3.01. The van der Waals surface area contributed by atoms with Crippen molar-refractivity contribution >= 4 is 27.2 Å². The molecule has 1 aliphatic rings. The monoisotopic (exact) mass is 314 g/mol. The van der Waals surface area contributed by atoms with Gasteiger partial charge in [0.2, 0.25) is 10.0 Å². The van der Waals surface area contributed by atoms with Gasteiger partial charge in [0.25, 0.3) is 0 Å². The fourth-order valence-corrected chi connectivity index (χ4v) is 4.24. The number of rotatable bonds is 3. The number of morpholine rings is 1. The Morgan fingerprint density at radius 2 is 2.05 bits per heavy atom. The van der Waals surface area contributed by atoms with E-state index in [1.807, 2.05) is 13.8 Å². The molecule has 1 aromatic rings. The van der Waals surface area contributed by atoms with Gasteiger partial charge in [-0.1, -0.05) is 30.4 Å². The van der Waals surface area contributed by atoms with E-state index >= 15 is 0 Å². The Hall–Kier alpha value is -1.02. The molecule has 7 heteroatoms. The summed E-state index contributed by atoms with van der Waals surface area (Å²) in [5, 5.41) is 0. The Kier molecular flexibility index (Phi) is 4.15. The van der Waals surface area contributed by atoms with Crippen LogP contribution in [0, 0.1) is 0 Å². The highest BCUT2D eigenvalue weighted by Crippen LogP contribution is 2.25. The van der Waals surface area contributed by atoms with Crippen LogP contribution >= 0.6 is 12.2 Å². The predicted molar refractivity (Wildman–Crippen MR) is 81.1 cm³/mol. The maximum absolute atomic E-state index is 12.8. The van der Waals surface area contributed by atoms with E-state index in [2.05, 4.69) is 0 Å². The lowest BCUT2D eigenvalue weighted by atomic mass is 10.1. The molecule has 2 N–H and O–H groups in total. The number of hydrogen-bond donors (Lipinski definition) is 1. The Labute approximate surface area is 124 Å². The molecule has 0 bridgehead atoms. The van der Waals surface area contributed by atoms with E-state index in [-0.39, 0.29) is 9.88 Å². The zero-order chi connectivity index (χ0) is 15.0. The first-order valence-corrected chi connectivity index (χ1v) is 8.12. The number of benzene rings is 1. The van der Waals surface area contributed by atoms with Crippen LogP contribution in [0.5, 0.6) is 0 Å². The summed E-state index contributed by atoms with van der Waals surface area (Å²) in [6, 6.07) is 6.55. The average molecular weight is 314 g/mol. The molecule has 0 aromatic heterocycles. The van der Waals surface area contributed by atoms with Crippen LogP contribution in [0.25, 0.3) is 0 Å². The normalized spacial score (nSPS) is 19.7. The molecule has 0 atom stereocenters. The van der Waals surface area contributed by atoms with Gasteiger partial charge < -0.3 is 10.5 Å². The molecule has 0 saturated carbocycles. The molecule has 0 aliphatic carbocycles.